The van der Waals surface area contributed by atoms with Crippen LogP contribution in [0, 0.1) is 0 Å². The number of hydrogen-bond acceptors (Lipinski definition) is 5. The third kappa shape index (κ3) is 2.82. The van der Waals surface area contributed by atoms with Crippen LogP contribution in [-0.4, -0.2) is 15.3 Å². The van der Waals surface area contributed by atoms with Gasteiger partial charge in [0.2, 0.25) is 0 Å². The summed E-state index contributed by atoms with van der Waals surface area (Å²) >= 11 is 6.55. The molecule has 0 saturated carbocycles. The summed E-state index contributed by atoms with van der Waals surface area (Å²) in [5.41, 5.74) is 2.61. The fourth-order valence-corrected chi connectivity index (χ4v) is 3.24. The second kappa shape index (κ2) is 5.27. The van der Waals surface area contributed by atoms with Gasteiger partial charge in [-0.1, -0.05) is 29.2 Å². The van der Waals surface area contributed by atoms with E-state index in [1.165, 1.54) is 11.3 Å². The lowest BCUT2D eigenvalue weighted by atomic mass is 10.1. The zero-order valence-corrected chi connectivity index (χ0v) is 11.6. The first-order chi connectivity index (χ1) is 7.66. The molecule has 1 heterocycles. The minimum Gasteiger partial charge on any atom is -0.389 e. The molecule has 0 amide bonds. The second-order valence-corrected chi connectivity index (χ2v) is 6.15. The molecule has 1 N–H and O–H groups in total. The number of rotatable bonds is 3. The first-order valence-corrected chi connectivity index (χ1v) is 7.07. The average Bonchev–Trinajstić information content (AvgIpc) is 2.73. The van der Waals surface area contributed by atoms with E-state index in [1.54, 1.807) is 24.2 Å². The number of nitrogens with zero attached hydrogens (tertiary/aromatic N) is 2. The van der Waals surface area contributed by atoms with Gasteiger partial charge in [-0.3, -0.25) is 0 Å². The number of benzene rings is 1. The highest BCUT2D eigenvalue weighted by Crippen LogP contribution is 2.35. The first kappa shape index (κ1) is 12.0. The van der Waals surface area contributed by atoms with Crippen molar-refractivity contribution >= 4 is 39.0 Å². The molecule has 3 nitrogen and oxygen atoms in total. The van der Waals surface area contributed by atoms with E-state index in [4.69, 9.17) is 0 Å². The van der Waals surface area contributed by atoms with Crippen molar-refractivity contribution in [2.45, 2.75) is 22.3 Å². The van der Waals surface area contributed by atoms with Gasteiger partial charge >= 0.3 is 0 Å². The summed E-state index contributed by atoms with van der Waals surface area (Å²) < 4.78 is 1.87. The summed E-state index contributed by atoms with van der Waals surface area (Å²) in [5.74, 6) is 0. The van der Waals surface area contributed by atoms with E-state index < -0.39 is 6.10 Å². The van der Waals surface area contributed by atoms with Crippen molar-refractivity contribution in [3.8, 4) is 0 Å². The molecule has 1 aromatic carbocycles. The van der Waals surface area contributed by atoms with E-state index in [0.29, 0.717) is 0 Å². The second-order valence-electron chi connectivity index (χ2n) is 3.17. The Morgan fingerprint density at radius 2 is 2.31 bits per heavy atom. The van der Waals surface area contributed by atoms with E-state index in [1.807, 2.05) is 18.2 Å². The summed E-state index contributed by atoms with van der Waals surface area (Å²) in [6, 6.07) is 5.81. The van der Waals surface area contributed by atoms with Crippen LogP contribution in [0.5, 0.6) is 0 Å². The van der Waals surface area contributed by atoms with Gasteiger partial charge in [0.15, 0.2) is 4.34 Å². The molecule has 0 spiro atoms. The molecule has 1 atom stereocenters. The van der Waals surface area contributed by atoms with Gasteiger partial charge in [-0.2, -0.15) is 0 Å². The van der Waals surface area contributed by atoms with Crippen molar-refractivity contribution in [1.82, 2.24) is 10.2 Å². The molecule has 84 valence electrons. The van der Waals surface area contributed by atoms with Crippen LogP contribution in [0.25, 0.3) is 0 Å². The van der Waals surface area contributed by atoms with Crippen LogP contribution in [0.15, 0.2) is 37.4 Å². The predicted octanol–water partition coefficient (Wildman–Crippen LogP) is 3.51. The predicted molar refractivity (Wildman–Crippen MR) is 68.8 cm³/mol. The standard InChI is InChI=1S/C10H9BrN2OS2/c1-6(14)7-2-3-9(8(11)4-7)16-10-13-12-5-15-10/h2-6,14H,1H3/t6-/m1/s1. The maximum absolute atomic E-state index is 9.45. The molecule has 0 saturated heterocycles. The average molecular weight is 317 g/mol. The zero-order valence-electron chi connectivity index (χ0n) is 8.42. The molecule has 6 heteroatoms. The normalized spacial score (nSPS) is 12.7. The highest BCUT2D eigenvalue weighted by atomic mass is 79.9. The van der Waals surface area contributed by atoms with Crippen LogP contribution < -0.4 is 0 Å². The summed E-state index contributed by atoms with van der Waals surface area (Å²) in [4.78, 5) is 1.07. The fourth-order valence-electron chi connectivity index (χ4n) is 1.16. The number of aliphatic hydroxyl groups excluding tert-OH is 1. The summed E-state index contributed by atoms with van der Waals surface area (Å²) in [5, 5.41) is 17.2. The number of aromatic nitrogens is 2. The van der Waals surface area contributed by atoms with Gasteiger partial charge in [0, 0.05) is 9.37 Å². The third-order valence-electron chi connectivity index (χ3n) is 1.98. The summed E-state index contributed by atoms with van der Waals surface area (Å²) in [6.45, 7) is 1.75. The maximum atomic E-state index is 9.45. The lowest BCUT2D eigenvalue weighted by molar-refractivity contribution is 0.199. The Balaban J connectivity index is 2.23. The van der Waals surface area contributed by atoms with Crippen molar-refractivity contribution < 1.29 is 5.11 Å². The summed E-state index contributed by atoms with van der Waals surface area (Å²) in [7, 11) is 0. The molecule has 0 aliphatic heterocycles. The van der Waals surface area contributed by atoms with Crippen LogP contribution >= 0.6 is 39.0 Å². The molecule has 16 heavy (non-hydrogen) atoms. The van der Waals surface area contributed by atoms with Gasteiger partial charge in [0.25, 0.3) is 0 Å². The monoisotopic (exact) mass is 316 g/mol. The molecule has 0 bridgehead atoms. The van der Waals surface area contributed by atoms with E-state index in [0.717, 1.165) is 19.3 Å². The molecule has 0 unspecified atom stereocenters. The Morgan fingerprint density at radius 3 is 2.88 bits per heavy atom. The third-order valence-corrected chi connectivity index (χ3v) is 4.75. The molecule has 0 aliphatic rings. The highest BCUT2D eigenvalue weighted by molar-refractivity contribution is 9.10. The van der Waals surface area contributed by atoms with E-state index in [2.05, 4.69) is 26.1 Å². The topological polar surface area (TPSA) is 46.0 Å². The van der Waals surface area contributed by atoms with Gasteiger partial charge in [0.05, 0.1) is 6.10 Å². The molecular formula is C10H9BrN2OS2. The smallest absolute Gasteiger partial charge is 0.178 e. The van der Waals surface area contributed by atoms with Crippen molar-refractivity contribution in [3.05, 3.63) is 33.7 Å². The van der Waals surface area contributed by atoms with Gasteiger partial charge in [0.1, 0.15) is 5.51 Å². The van der Waals surface area contributed by atoms with Gasteiger partial charge in [-0.25, -0.2) is 0 Å². The lowest BCUT2D eigenvalue weighted by Crippen LogP contribution is -1.90. The Labute approximate surface area is 110 Å². The van der Waals surface area contributed by atoms with E-state index >= 15 is 0 Å². The Bertz CT molecular complexity index is 474. The van der Waals surface area contributed by atoms with Crippen LogP contribution in [0.1, 0.15) is 18.6 Å². The van der Waals surface area contributed by atoms with Gasteiger partial charge in [-0.05, 0) is 40.5 Å². The minimum absolute atomic E-state index is 0.447. The Hall–Kier alpha value is -0.430. The van der Waals surface area contributed by atoms with Gasteiger partial charge in [-0.15, -0.1) is 10.2 Å². The van der Waals surface area contributed by atoms with E-state index in [-0.39, 0.29) is 0 Å². The van der Waals surface area contributed by atoms with Crippen LogP contribution in [0.4, 0.5) is 0 Å². The van der Waals surface area contributed by atoms with Crippen LogP contribution in [-0.2, 0) is 0 Å². The summed E-state index contributed by atoms with van der Waals surface area (Å²) in [6.07, 6.45) is -0.447. The zero-order chi connectivity index (χ0) is 11.5. The van der Waals surface area contributed by atoms with E-state index in [9.17, 15) is 5.11 Å². The number of aliphatic hydroxyl groups is 1. The Morgan fingerprint density at radius 1 is 1.50 bits per heavy atom. The molecule has 0 aliphatic carbocycles. The molecular weight excluding hydrogens is 308 g/mol. The van der Waals surface area contributed by atoms with Crippen LogP contribution in [0.3, 0.4) is 0 Å². The maximum Gasteiger partial charge on any atom is 0.178 e. The van der Waals surface area contributed by atoms with Gasteiger partial charge < -0.3 is 5.11 Å². The molecule has 2 rings (SSSR count). The molecule has 0 fully saturated rings. The van der Waals surface area contributed by atoms with Crippen molar-refractivity contribution in [2.75, 3.05) is 0 Å². The SMILES string of the molecule is C[C@@H](O)c1ccc(Sc2nncs2)c(Br)c1. The fraction of sp³-hybridized carbons (Fsp3) is 0.200. The lowest BCUT2D eigenvalue weighted by Gasteiger charge is -2.07. The quantitative estimate of drug-likeness (QED) is 0.941. The van der Waals surface area contributed by atoms with Crippen molar-refractivity contribution in [1.29, 1.82) is 0 Å². The number of hydrogen-bond donors (Lipinski definition) is 1. The van der Waals surface area contributed by atoms with Crippen molar-refractivity contribution in [2.24, 2.45) is 0 Å². The van der Waals surface area contributed by atoms with Crippen molar-refractivity contribution in [3.63, 3.8) is 0 Å². The minimum atomic E-state index is -0.447. The largest absolute Gasteiger partial charge is 0.389 e. The Kier molecular flexibility index (Phi) is 3.96. The molecule has 2 aromatic rings. The molecule has 0 radical (unpaired) electrons. The molecule has 1 aromatic heterocycles. The van der Waals surface area contributed by atoms with Crippen LogP contribution in [0.2, 0.25) is 0 Å². The number of halogens is 1. The first-order valence-electron chi connectivity index (χ1n) is 4.58. The highest BCUT2D eigenvalue weighted by Gasteiger charge is 2.08.